The van der Waals surface area contributed by atoms with Crippen molar-refractivity contribution in [3.63, 3.8) is 0 Å². The molecule has 15 heavy (non-hydrogen) atoms. The van der Waals surface area contributed by atoms with E-state index in [1.54, 1.807) is 0 Å². The quantitative estimate of drug-likeness (QED) is 0.694. The van der Waals surface area contributed by atoms with E-state index in [0.29, 0.717) is 0 Å². The van der Waals surface area contributed by atoms with Gasteiger partial charge in [0.15, 0.2) is 0 Å². The monoisotopic (exact) mass is 228 g/mol. The standard InChI is InChI=1S/C11H20N2OS/c1-3-10-8-13-11(14-10)9-12-6-5-7-15-4-2/h8,12H,3-7,9H2,1-2H3. The van der Waals surface area contributed by atoms with E-state index >= 15 is 0 Å². The van der Waals surface area contributed by atoms with Crippen LogP contribution in [-0.2, 0) is 13.0 Å². The highest BCUT2D eigenvalue weighted by atomic mass is 32.2. The van der Waals surface area contributed by atoms with Crippen LogP contribution < -0.4 is 5.32 Å². The zero-order valence-electron chi connectivity index (χ0n) is 9.58. The molecule has 0 amide bonds. The average molecular weight is 228 g/mol. The molecule has 0 atom stereocenters. The molecule has 0 saturated carbocycles. The van der Waals surface area contributed by atoms with Crippen molar-refractivity contribution in [3.8, 4) is 0 Å². The Morgan fingerprint density at radius 1 is 1.47 bits per heavy atom. The van der Waals surface area contributed by atoms with Crippen molar-refractivity contribution < 1.29 is 4.42 Å². The van der Waals surface area contributed by atoms with Crippen molar-refractivity contribution in [2.24, 2.45) is 0 Å². The van der Waals surface area contributed by atoms with Gasteiger partial charge in [0.25, 0.3) is 0 Å². The minimum atomic E-state index is 0.747. The minimum absolute atomic E-state index is 0.747. The van der Waals surface area contributed by atoms with Gasteiger partial charge in [-0.25, -0.2) is 4.98 Å². The summed E-state index contributed by atoms with van der Waals surface area (Å²) in [4.78, 5) is 4.19. The Labute approximate surface area is 96.0 Å². The zero-order valence-corrected chi connectivity index (χ0v) is 10.4. The van der Waals surface area contributed by atoms with Crippen LogP contribution in [0.5, 0.6) is 0 Å². The fourth-order valence-electron chi connectivity index (χ4n) is 1.23. The number of thioether (sulfide) groups is 1. The highest BCUT2D eigenvalue weighted by molar-refractivity contribution is 7.99. The molecule has 1 rings (SSSR count). The number of oxazole rings is 1. The molecule has 1 aromatic heterocycles. The van der Waals surface area contributed by atoms with Gasteiger partial charge < -0.3 is 9.73 Å². The lowest BCUT2D eigenvalue weighted by atomic mass is 10.4. The topological polar surface area (TPSA) is 38.1 Å². The number of hydrogen-bond donors (Lipinski definition) is 1. The van der Waals surface area contributed by atoms with E-state index in [1.165, 1.54) is 17.9 Å². The van der Waals surface area contributed by atoms with Gasteiger partial charge in [0.1, 0.15) is 5.76 Å². The van der Waals surface area contributed by atoms with Gasteiger partial charge in [0, 0.05) is 6.42 Å². The van der Waals surface area contributed by atoms with Crippen molar-refractivity contribution >= 4 is 11.8 Å². The SMILES string of the molecule is CCSCCCNCc1ncc(CC)o1. The van der Waals surface area contributed by atoms with Gasteiger partial charge >= 0.3 is 0 Å². The molecule has 0 aliphatic heterocycles. The van der Waals surface area contributed by atoms with Gasteiger partial charge in [-0.15, -0.1) is 0 Å². The molecule has 4 heteroatoms. The lowest BCUT2D eigenvalue weighted by molar-refractivity contribution is 0.439. The third kappa shape index (κ3) is 5.23. The van der Waals surface area contributed by atoms with E-state index < -0.39 is 0 Å². The lowest BCUT2D eigenvalue weighted by Crippen LogP contribution is -2.15. The van der Waals surface area contributed by atoms with Crippen molar-refractivity contribution in [3.05, 3.63) is 17.8 Å². The average Bonchev–Trinajstić information content (AvgIpc) is 2.71. The van der Waals surface area contributed by atoms with Crippen LogP contribution in [0.15, 0.2) is 10.6 Å². The normalized spacial score (nSPS) is 10.8. The molecule has 1 heterocycles. The largest absolute Gasteiger partial charge is 0.444 e. The van der Waals surface area contributed by atoms with E-state index in [-0.39, 0.29) is 0 Å². The molecule has 0 saturated heterocycles. The summed E-state index contributed by atoms with van der Waals surface area (Å²) in [6.45, 7) is 6.05. The summed E-state index contributed by atoms with van der Waals surface area (Å²) in [5.74, 6) is 4.21. The first kappa shape index (κ1) is 12.6. The van der Waals surface area contributed by atoms with Gasteiger partial charge in [-0.1, -0.05) is 13.8 Å². The van der Waals surface area contributed by atoms with Gasteiger partial charge in [-0.2, -0.15) is 11.8 Å². The highest BCUT2D eigenvalue weighted by Crippen LogP contribution is 2.04. The van der Waals surface area contributed by atoms with Crippen LogP contribution in [0.4, 0.5) is 0 Å². The third-order valence-corrected chi connectivity index (χ3v) is 3.06. The molecule has 0 aliphatic carbocycles. The molecule has 0 unspecified atom stereocenters. The van der Waals surface area contributed by atoms with Crippen LogP contribution in [0.25, 0.3) is 0 Å². The summed E-state index contributed by atoms with van der Waals surface area (Å²) in [6, 6.07) is 0. The number of nitrogens with one attached hydrogen (secondary N) is 1. The predicted molar refractivity (Wildman–Crippen MR) is 65.2 cm³/mol. The van der Waals surface area contributed by atoms with E-state index in [2.05, 4.69) is 24.1 Å². The Morgan fingerprint density at radius 2 is 2.33 bits per heavy atom. The number of rotatable bonds is 8. The molecule has 0 bridgehead atoms. The summed E-state index contributed by atoms with van der Waals surface area (Å²) in [5.41, 5.74) is 0. The third-order valence-electron chi connectivity index (χ3n) is 2.07. The summed E-state index contributed by atoms with van der Waals surface area (Å²) in [5, 5.41) is 3.33. The lowest BCUT2D eigenvalue weighted by Gasteiger charge is -2.01. The molecule has 86 valence electrons. The van der Waals surface area contributed by atoms with E-state index in [4.69, 9.17) is 4.42 Å². The number of hydrogen-bond acceptors (Lipinski definition) is 4. The maximum atomic E-state index is 5.48. The van der Waals surface area contributed by atoms with Crippen molar-refractivity contribution in [1.29, 1.82) is 0 Å². The van der Waals surface area contributed by atoms with Crippen LogP contribution in [0.1, 0.15) is 31.9 Å². The van der Waals surface area contributed by atoms with Crippen LogP contribution in [0, 0.1) is 0 Å². The summed E-state index contributed by atoms with van der Waals surface area (Å²) in [6.07, 6.45) is 3.93. The first-order valence-corrected chi connectivity index (χ1v) is 6.74. The van der Waals surface area contributed by atoms with Crippen LogP contribution in [0.3, 0.4) is 0 Å². The molecule has 0 spiro atoms. The van der Waals surface area contributed by atoms with E-state index in [9.17, 15) is 0 Å². The molecular weight excluding hydrogens is 208 g/mol. The molecule has 0 aromatic carbocycles. The maximum absolute atomic E-state index is 5.48. The molecule has 3 nitrogen and oxygen atoms in total. The molecule has 0 aliphatic rings. The second-order valence-electron chi connectivity index (χ2n) is 3.30. The van der Waals surface area contributed by atoms with E-state index in [1.807, 2.05) is 18.0 Å². The van der Waals surface area contributed by atoms with E-state index in [0.717, 1.165) is 31.2 Å². The first-order chi connectivity index (χ1) is 7.36. The summed E-state index contributed by atoms with van der Waals surface area (Å²) in [7, 11) is 0. The van der Waals surface area contributed by atoms with Gasteiger partial charge in [0.2, 0.25) is 5.89 Å². The highest BCUT2D eigenvalue weighted by Gasteiger charge is 2.00. The smallest absolute Gasteiger partial charge is 0.208 e. The molecule has 0 fully saturated rings. The number of aromatic nitrogens is 1. The second kappa shape index (κ2) is 7.77. The predicted octanol–water partition coefficient (Wildman–Crippen LogP) is 2.47. The molecular formula is C11H20N2OS. The Morgan fingerprint density at radius 3 is 3.00 bits per heavy atom. The zero-order chi connectivity index (χ0) is 10.9. The van der Waals surface area contributed by atoms with Crippen molar-refractivity contribution in [2.45, 2.75) is 33.2 Å². The Balaban J connectivity index is 2.04. The minimum Gasteiger partial charge on any atom is -0.444 e. The molecule has 1 N–H and O–H groups in total. The summed E-state index contributed by atoms with van der Waals surface area (Å²) >= 11 is 1.98. The molecule has 1 aromatic rings. The Bertz CT molecular complexity index is 263. The fourth-order valence-corrected chi connectivity index (χ4v) is 1.87. The second-order valence-corrected chi connectivity index (χ2v) is 4.69. The number of aryl methyl sites for hydroxylation is 1. The van der Waals surface area contributed by atoms with Crippen LogP contribution in [0.2, 0.25) is 0 Å². The van der Waals surface area contributed by atoms with Crippen molar-refractivity contribution in [2.75, 3.05) is 18.1 Å². The van der Waals surface area contributed by atoms with Gasteiger partial charge in [0.05, 0.1) is 12.7 Å². The van der Waals surface area contributed by atoms with Gasteiger partial charge in [-0.05, 0) is 24.5 Å². The number of nitrogens with zero attached hydrogens (tertiary/aromatic N) is 1. The Kier molecular flexibility index (Phi) is 6.52. The Hall–Kier alpha value is -0.480. The van der Waals surface area contributed by atoms with Gasteiger partial charge in [-0.3, -0.25) is 0 Å². The maximum Gasteiger partial charge on any atom is 0.208 e. The molecule has 0 radical (unpaired) electrons. The first-order valence-electron chi connectivity index (χ1n) is 5.58. The van der Waals surface area contributed by atoms with Crippen LogP contribution in [-0.4, -0.2) is 23.0 Å². The van der Waals surface area contributed by atoms with Crippen molar-refractivity contribution in [1.82, 2.24) is 10.3 Å². The van der Waals surface area contributed by atoms with Crippen LogP contribution >= 0.6 is 11.8 Å². The fraction of sp³-hybridized carbons (Fsp3) is 0.727. The summed E-state index contributed by atoms with van der Waals surface area (Å²) < 4.78 is 5.48.